The number of hydrogen-bond donors (Lipinski definition) is 1. The number of halogens is 1. The standard InChI is InChI=1S/C18H28IN/c1-2-3-4-14-5-9-16(10-6-14)18(20)13-15-7-11-17(19)12-8-15/h7-8,11-12,14,16,18H,2-6,9-10,13,20H2,1H3. The Morgan fingerprint density at radius 2 is 1.80 bits per heavy atom. The van der Waals surface area contributed by atoms with Crippen LogP contribution in [-0.2, 0) is 6.42 Å². The molecule has 2 heteroatoms. The van der Waals surface area contributed by atoms with Crippen molar-refractivity contribution in [3.63, 3.8) is 0 Å². The van der Waals surface area contributed by atoms with E-state index in [1.807, 2.05) is 0 Å². The SMILES string of the molecule is CCCCC1CCC(C(N)Cc2ccc(I)cc2)CC1. The molecule has 0 radical (unpaired) electrons. The smallest absolute Gasteiger partial charge is 0.0130 e. The molecule has 1 saturated carbocycles. The van der Waals surface area contributed by atoms with E-state index in [4.69, 9.17) is 5.73 Å². The van der Waals surface area contributed by atoms with Gasteiger partial charge in [-0.3, -0.25) is 0 Å². The molecule has 1 aliphatic carbocycles. The van der Waals surface area contributed by atoms with Crippen LogP contribution >= 0.6 is 22.6 Å². The predicted molar refractivity (Wildman–Crippen MR) is 95.8 cm³/mol. The van der Waals surface area contributed by atoms with E-state index in [0.717, 1.165) is 18.3 Å². The van der Waals surface area contributed by atoms with Crippen LogP contribution in [0.15, 0.2) is 24.3 Å². The summed E-state index contributed by atoms with van der Waals surface area (Å²) in [6, 6.07) is 9.18. The van der Waals surface area contributed by atoms with Crippen molar-refractivity contribution < 1.29 is 0 Å². The summed E-state index contributed by atoms with van der Waals surface area (Å²) < 4.78 is 1.30. The largest absolute Gasteiger partial charge is 0.327 e. The van der Waals surface area contributed by atoms with Crippen molar-refractivity contribution in [2.75, 3.05) is 0 Å². The minimum Gasteiger partial charge on any atom is -0.327 e. The molecule has 1 nitrogen and oxygen atoms in total. The topological polar surface area (TPSA) is 26.0 Å². The molecular formula is C18H28IN. The Morgan fingerprint density at radius 3 is 2.40 bits per heavy atom. The molecule has 0 spiro atoms. The maximum atomic E-state index is 6.46. The van der Waals surface area contributed by atoms with Crippen LogP contribution < -0.4 is 5.73 Å². The van der Waals surface area contributed by atoms with Gasteiger partial charge >= 0.3 is 0 Å². The molecule has 1 atom stereocenters. The Hall–Kier alpha value is -0.0900. The van der Waals surface area contributed by atoms with Crippen molar-refractivity contribution in [1.82, 2.24) is 0 Å². The summed E-state index contributed by atoms with van der Waals surface area (Å²) in [6.07, 6.45) is 10.7. The molecule has 1 aliphatic rings. The van der Waals surface area contributed by atoms with E-state index in [1.54, 1.807) is 0 Å². The van der Waals surface area contributed by atoms with Gasteiger partial charge in [0.15, 0.2) is 0 Å². The summed E-state index contributed by atoms with van der Waals surface area (Å²) in [4.78, 5) is 0. The van der Waals surface area contributed by atoms with E-state index >= 15 is 0 Å². The van der Waals surface area contributed by atoms with Crippen molar-refractivity contribution in [2.45, 2.75) is 64.3 Å². The summed E-state index contributed by atoms with van der Waals surface area (Å²) in [5.74, 6) is 1.73. The number of benzene rings is 1. The lowest BCUT2D eigenvalue weighted by Crippen LogP contribution is -2.34. The van der Waals surface area contributed by atoms with Crippen LogP contribution in [0.2, 0.25) is 0 Å². The zero-order valence-corrected chi connectivity index (χ0v) is 14.8. The zero-order valence-electron chi connectivity index (χ0n) is 12.7. The number of nitrogens with two attached hydrogens (primary N) is 1. The van der Waals surface area contributed by atoms with Crippen LogP contribution in [0.25, 0.3) is 0 Å². The molecule has 0 aliphatic heterocycles. The lowest BCUT2D eigenvalue weighted by Gasteiger charge is -2.32. The van der Waals surface area contributed by atoms with Crippen LogP contribution in [0, 0.1) is 15.4 Å². The van der Waals surface area contributed by atoms with Crippen LogP contribution in [-0.4, -0.2) is 6.04 Å². The molecule has 0 bridgehead atoms. The van der Waals surface area contributed by atoms with Gasteiger partial charge in [0.05, 0.1) is 0 Å². The van der Waals surface area contributed by atoms with Crippen molar-refractivity contribution in [3.05, 3.63) is 33.4 Å². The Morgan fingerprint density at radius 1 is 1.15 bits per heavy atom. The highest BCUT2D eigenvalue weighted by molar-refractivity contribution is 14.1. The first-order valence-corrected chi connectivity index (χ1v) is 9.27. The van der Waals surface area contributed by atoms with Crippen LogP contribution in [0.5, 0.6) is 0 Å². The van der Waals surface area contributed by atoms with Gasteiger partial charge in [-0.15, -0.1) is 0 Å². The number of unbranched alkanes of at least 4 members (excludes halogenated alkanes) is 1. The van der Waals surface area contributed by atoms with Crippen LogP contribution in [0.1, 0.15) is 57.4 Å². The fourth-order valence-corrected chi connectivity index (χ4v) is 3.82. The number of rotatable bonds is 6. The highest BCUT2D eigenvalue weighted by Crippen LogP contribution is 2.33. The van der Waals surface area contributed by atoms with E-state index < -0.39 is 0 Å². The second-order valence-corrected chi connectivity index (χ2v) is 7.66. The van der Waals surface area contributed by atoms with E-state index in [9.17, 15) is 0 Å². The molecule has 0 heterocycles. The minimum atomic E-state index is 0.349. The molecule has 0 saturated heterocycles. The summed E-state index contributed by atoms with van der Waals surface area (Å²) in [6.45, 7) is 2.29. The van der Waals surface area contributed by atoms with Crippen molar-refractivity contribution in [2.24, 2.45) is 17.6 Å². The monoisotopic (exact) mass is 385 g/mol. The Kier molecular flexibility index (Phi) is 6.82. The van der Waals surface area contributed by atoms with Crippen molar-refractivity contribution in [1.29, 1.82) is 0 Å². The zero-order chi connectivity index (χ0) is 14.4. The van der Waals surface area contributed by atoms with Crippen molar-refractivity contribution >= 4 is 22.6 Å². The molecule has 1 fully saturated rings. The molecule has 112 valence electrons. The molecule has 0 aromatic heterocycles. The lowest BCUT2D eigenvalue weighted by atomic mass is 9.76. The Bertz CT molecular complexity index is 379. The van der Waals surface area contributed by atoms with E-state index in [1.165, 1.54) is 54.1 Å². The second kappa shape index (κ2) is 8.38. The predicted octanol–water partition coefficient (Wildman–Crippen LogP) is 5.16. The van der Waals surface area contributed by atoms with Crippen molar-refractivity contribution in [3.8, 4) is 0 Å². The Balaban J connectivity index is 1.76. The third-order valence-corrected chi connectivity index (χ3v) is 5.57. The van der Waals surface area contributed by atoms with Gasteiger partial charge in [0.1, 0.15) is 0 Å². The quantitative estimate of drug-likeness (QED) is 0.673. The van der Waals surface area contributed by atoms with E-state index in [0.29, 0.717) is 6.04 Å². The molecule has 2 rings (SSSR count). The second-order valence-electron chi connectivity index (χ2n) is 6.42. The Labute approximate surface area is 137 Å². The molecule has 2 N–H and O–H groups in total. The first kappa shape index (κ1) is 16.3. The minimum absolute atomic E-state index is 0.349. The van der Waals surface area contributed by atoms with Gasteiger partial charge in [-0.1, -0.05) is 51.2 Å². The van der Waals surface area contributed by atoms with Gasteiger partial charge in [-0.05, 0) is 71.4 Å². The van der Waals surface area contributed by atoms with Crippen LogP contribution in [0.4, 0.5) is 0 Å². The first-order chi connectivity index (χ1) is 9.69. The maximum Gasteiger partial charge on any atom is 0.0130 e. The average molecular weight is 385 g/mol. The molecule has 1 aromatic rings. The normalized spacial score (nSPS) is 24.6. The third-order valence-electron chi connectivity index (χ3n) is 4.85. The van der Waals surface area contributed by atoms with E-state index in [2.05, 4.69) is 53.8 Å². The molecule has 1 aromatic carbocycles. The summed E-state index contributed by atoms with van der Waals surface area (Å²) in [7, 11) is 0. The van der Waals surface area contributed by atoms with E-state index in [-0.39, 0.29) is 0 Å². The van der Waals surface area contributed by atoms with Gasteiger partial charge in [0.2, 0.25) is 0 Å². The average Bonchev–Trinajstić information content (AvgIpc) is 2.48. The summed E-state index contributed by atoms with van der Waals surface area (Å²) >= 11 is 2.36. The maximum absolute atomic E-state index is 6.46. The molecule has 0 amide bonds. The highest BCUT2D eigenvalue weighted by Gasteiger charge is 2.25. The van der Waals surface area contributed by atoms with Gasteiger partial charge in [0, 0.05) is 9.61 Å². The van der Waals surface area contributed by atoms with Gasteiger partial charge in [-0.2, -0.15) is 0 Å². The molecule has 1 unspecified atom stereocenters. The van der Waals surface area contributed by atoms with Gasteiger partial charge in [0.25, 0.3) is 0 Å². The number of hydrogen-bond acceptors (Lipinski definition) is 1. The summed E-state index contributed by atoms with van der Waals surface area (Å²) in [5, 5.41) is 0. The lowest BCUT2D eigenvalue weighted by molar-refractivity contribution is 0.231. The fraction of sp³-hybridized carbons (Fsp3) is 0.667. The highest BCUT2D eigenvalue weighted by atomic mass is 127. The summed E-state index contributed by atoms with van der Waals surface area (Å²) in [5.41, 5.74) is 7.86. The fourth-order valence-electron chi connectivity index (χ4n) is 3.46. The van der Waals surface area contributed by atoms with Crippen LogP contribution in [0.3, 0.4) is 0 Å². The van der Waals surface area contributed by atoms with Gasteiger partial charge < -0.3 is 5.73 Å². The van der Waals surface area contributed by atoms with Gasteiger partial charge in [-0.25, -0.2) is 0 Å². The molecule has 20 heavy (non-hydrogen) atoms. The third kappa shape index (κ3) is 5.03. The first-order valence-electron chi connectivity index (χ1n) is 8.19. The molecular weight excluding hydrogens is 357 g/mol.